The Morgan fingerprint density at radius 2 is 1.73 bits per heavy atom. The molecule has 1 heterocycles. The highest BCUT2D eigenvalue weighted by molar-refractivity contribution is 5.94. The molecule has 0 spiro atoms. The maximum absolute atomic E-state index is 12.7. The van der Waals surface area contributed by atoms with Crippen LogP contribution in [0.1, 0.15) is 38.3 Å². The first-order valence-electron chi connectivity index (χ1n) is 9.00. The Labute approximate surface area is 154 Å². The fourth-order valence-corrected chi connectivity index (χ4v) is 3.33. The van der Waals surface area contributed by atoms with E-state index in [-0.39, 0.29) is 5.91 Å². The third kappa shape index (κ3) is 4.49. The van der Waals surface area contributed by atoms with Crippen LogP contribution in [-0.2, 0) is 6.54 Å². The molecular weight excluding hydrogens is 326 g/mol. The molecule has 0 radical (unpaired) electrons. The summed E-state index contributed by atoms with van der Waals surface area (Å²) in [6.07, 6.45) is 0.955. The fourth-order valence-electron chi connectivity index (χ4n) is 3.33. The van der Waals surface area contributed by atoms with Crippen LogP contribution in [0.5, 0.6) is 0 Å². The summed E-state index contributed by atoms with van der Waals surface area (Å²) in [4.78, 5) is 28.2. The zero-order valence-corrected chi connectivity index (χ0v) is 15.1. The number of nitrogens with zero attached hydrogens (tertiary/aromatic N) is 2. The number of rotatable bonds is 4. The standard InChI is InChI=1S/C21H25N3O2/c1-16-4-2-5-19(14-16)21(26)24-11-3-10-23(12-13-24)15-17-6-8-18(9-7-17)20(22)25/h2,4-9,14H,3,10-13,15H2,1H3,(H2,22,25). The van der Waals surface area contributed by atoms with Gasteiger partial charge in [0.2, 0.25) is 5.91 Å². The number of amides is 2. The second-order valence-corrected chi connectivity index (χ2v) is 6.85. The van der Waals surface area contributed by atoms with Gasteiger partial charge in [0.05, 0.1) is 0 Å². The number of benzene rings is 2. The Bertz CT molecular complexity index is 786. The van der Waals surface area contributed by atoms with Crippen LogP contribution in [0.4, 0.5) is 0 Å². The van der Waals surface area contributed by atoms with Crippen molar-refractivity contribution < 1.29 is 9.59 Å². The molecule has 26 heavy (non-hydrogen) atoms. The van der Waals surface area contributed by atoms with Crippen molar-refractivity contribution in [2.24, 2.45) is 5.73 Å². The van der Waals surface area contributed by atoms with Crippen LogP contribution in [0, 0.1) is 6.92 Å². The summed E-state index contributed by atoms with van der Waals surface area (Å²) in [5, 5.41) is 0. The van der Waals surface area contributed by atoms with Gasteiger partial charge in [-0.2, -0.15) is 0 Å². The molecule has 3 rings (SSSR count). The van der Waals surface area contributed by atoms with Gasteiger partial charge in [-0.15, -0.1) is 0 Å². The van der Waals surface area contributed by atoms with Gasteiger partial charge in [-0.25, -0.2) is 0 Å². The molecule has 2 N–H and O–H groups in total. The van der Waals surface area contributed by atoms with E-state index in [1.807, 2.05) is 48.2 Å². The number of carbonyl (C=O) groups excluding carboxylic acids is 2. The first kappa shape index (κ1) is 18.1. The van der Waals surface area contributed by atoms with Gasteiger partial charge in [0.25, 0.3) is 5.91 Å². The molecule has 5 nitrogen and oxygen atoms in total. The van der Waals surface area contributed by atoms with E-state index in [0.29, 0.717) is 5.56 Å². The fraction of sp³-hybridized carbons (Fsp3) is 0.333. The molecule has 1 aliphatic heterocycles. The Morgan fingerprint density at radius 1 is 0.962 bits per heavy atom. The van der Waals surface area contributed by atoms with Crippen LogP contribution < -0.4 is 5.73 Å². The molecule has 1 fully saturated rings. The lowest BCUT2D eigenvalue weighted by molar-refractivity contribution is 0.0761. The van der Waals surface area contributed by atoms with Gasteiger partial charge in [0.15, 0.2) is 0 Å². The summed E-state index contributed by atoms with van der Waals surface area (Å²) in [7, 11) is 0. The van der Waals surface area contributed by atoms with Crippen molar-refractivity contribution in [1.29, 1.82) is 0 Å². The zero-order chi connectivity index (χ0) is 18.5. The smallest absolute Gasteiger partial charge is 0.253 e. The molecule has 5 heteroatoms. The summed E-state index contributed by atoms with van der Waals surface area (Å²) >= 11 is 0. The van der Waals surface area contributed by atoms with Crippen molar-refractivity contribution >= 4 is 11.8 Å². The van der Waals surface area contributed by atoms with Gasteiger partial charge < -0.3 is 10.6 Å². The van der Waals surface area contributed by atoms with Crippen molar-refractivity contribution in [2.45, 2.75) is 19.9 Å². The zero-order valence-electron chi connectivity index (χ0n) is 15.1. The minimum absolute atomic E-state index is 0.112. The molecule has 0 unspecified atom stereocenters. The van der Waals surface area contributed by atoms with E-state index in [1.165, 1.54) is 0 Å². The molecule has 0 aromatic heterocycles. The van der Waals surface area contributed by atoms with Crippen LogP contribution in [0.25, 0.3) is 0 Å². The van der Waals surface area contributed by atoms with Gasteiger partial charge in [0.1, 0.15) is 0 Å². The quantitative estimate of drug-likeness (QED) is 0.920. The molecule has 0 aliphatic carbocycles. The van der Waals surface area contributed by atoms with E-state index in [9.17, 15) is 9.59 Å². The predicted octanol–water partition coefficient (Wildman–Crippen LogP) is 2.44. The lowest BCUT2D eigenvalue weighted by Crippen LogP contribution is -2.35. The third-order valence-corrected chi connectivity index (χ3v) is 4.79. The number of hydrogen-bond donors (Lipinski definition) is 1. The Morgan fingerprint density at radius 3 is 2.42 bits per heavy atom. The van der Waals surface area contributed by atoms with Gasteiger partial charge in [-0.3, -0.25) is 14.5 Å². The van der Waals surface area contributed by atoms with E-state index < -0.39 is 5.91 Å². The van der Waals surface area contributed by atoms with Crippen LogP contribution >= 0.6 is 0 Å². The monoisotopic (exact) mass is 351 g/mol. The minimum Gasteiger partial charge on any atom is -0.366 e. The molecular formula is C21H25N3O2. The molecule has 2 aromatic rings. The number of nitrogens with two attached hydrogens (primary N) is 1. The first-order valence-corrected chi connectivity index (χ1v) is 9.00. The average Bonchev–Trinajstić information content (AvgIpc) is 2.87. The number of hydrogen-bond acceptors (Lipinski definition) is 3. The minimum atomic E-state index is -0.406. The summed E-state index contributed by atoms with van der Waals surface area (Å²) in [5.74, 6) is -0.294. The van der Waals surface area contributed by atoms with Crippen molar-refractivity contribution in [3.63, 3.8) is 0 Å². The number of aryl methyl sites for hydroxylation is 1. The number of carbonyl (C=O) groups is 2. The normalized spacial score (nSPS) is 15.5. The Balaban J connectivity index is 1.59. The topological polar surface area (TPSA) is 66.6 Å². The molecule has 1 aliphatic rings. The molecule has 0 atom stereocenters. The summed E-state index contributed by atoms with van der Waals surface area (Å²) < 4.78 is 0. The van der Waals surface area contributed by atoms with Crippen LogP contribution in [0.3, 0.4) is 0 Å². The molecule has 2 aromatic carbocycles. The van der Waals surface area contributed by atoms with Gasteiger partial charge >= 0.3 is 0 Å². The maximum Gasteiger partial charge on any atom is 0.253 e. The molecule has 0 bridgehead atoms. The first-order chi connectivity index (χ1) is 12.5. The Kier molecular flexibility index (Phi) is 5.68. The van der Waals surface area contributed by atoms with E-state index in [2.05, 4.69) is 4.90 Å². The van der Waals surface area contributed by atoms with E-state index >= 15 is 0 Å². The highest BCUT2D eigenvalue weighted by Gasteiger charge is 2.20. The maximum atomic E-state index is 12.7. The van der Waals surface area contributed by atoms with Crippen LogP contribution in [-0.4, -0.2) is 47.8 Å². The van der Waals surface area contributed by atoms with Crippen molar-refractivity contribution in [2.75, 3.05) is 26.2 Å². The SMILES string of the molecule is Cc1cccc(C(=O)N2CCCN(Cc3ccc(C(N)=O)cc3)CC2)c1. The Hall–Kier alpha value is -2.66. The second kappa shape index (κ2) is 8.15. The summed E-state index contributed by atoms with van der Waals surface area (Å²) in [5.41, 5.74) is 8.82. The summed E-state index contributed by atoms with van der Waals surface area (Å²) in [6, 6.07) is 15.2. The largest absolute Gasteiger partial charge is 0.366 e. The second-order valence-electron chi connectivity index (χ2n) is 6.85. The van der Waals surface area contributed by atoms with E-state index in [4.69, 9.17) is 5.73 Å². The van der Waals surface area contributed by atoms with E-state index in [1.54, 1.807) is 12.1 Å². The van der Waals surface area contributed by atoms with Crippen LogP contribution in [0.2, 0.25) is 0 Å². The molecule has 1 saturated heterocycles. The lowest BCUT2D eigenvalue weighted by Gasteiger charge is -2.22. The third-order valence-electron chi connectivity index (χ3n) is 4.79. The van der Waals surface area contributed by atoms with Crippen molar-refractivity contribution in [1.82, 2.24) is 9.80 Å². The average molecular weight is 351 g/mol. The number of primary amides is 1. The molecule has 0 saturated carbocycles. The van der Waals surface area contributed by atoms with Crippen molar-refractivity contribution in [3.8, 4) is 0 Å². The highest BCUT2D eigenvalue weighted by Crippen LogP contribution is 2.13. The summed E-state index contributed by atoms with van der Waals surface area (Å²) in [6.45, 7) is 6.12. The molecule has 2 amide bonds. The molecule has 136 valence electrons. The van der Waals surface area contributed by atoms with Gasteiger partial charge in [-0.1, -0.05) is 29.8 Å². The van der Waals surface area contributed by atoms with Gasteiger partial charge in [0, 0.05) is 43.9 Å². The van der Waals surface area contributed by atoms with Crippen LogP contribution in [0.15, 0.2) is 48.5 Å². The highest BCUT2D eigenvalue weighted by atomic mass is 16.2. The van der Waals surface area contributed by atoms with Gasteiger partial charge in [-0.05, 0) is 43.2 Å². The predicted molar refractivity (Wildman–Crippen MR) is 102 cm³/mol. The van der Waals surface area contributed by atoms with Crippen molar-refractivity contribution in [3.05, 3.63) is 70.8 Å². The van der Waals surface area contributed by atoms with E-state index in [0.717, 1.165) is 55.8 Å². The lowest BCUT2D eigenvalue weighted by atomic mass is 10.1.